The fraction of sp³-hybridized carbons (Fsp3) is 0.207. The van der Waals surface area contributed by atoms with E-state index in [-0.39, 0.29) is 6.04 Å². The van der Waals surface area contributed by atoms with Gasteiger partial charge in [0, 0.05) is 17.8 Å². The van der Waals surface area contributed by atoms with Crippen LogP contribution in [0.1, 0.15) is 36.4 Å². The zero-order chi connectivity index (χ0) is 24.9. The van der Waals surface area contributed by atoms with Crippen LogP contribution in [-0.4, -0.2) is 33.8 Å². The van der Waals surface area contributed by atoms with Gasteiger partial charge in [0.05, 0.1) is 18.7 Å². The smallest absolute Gasteiger partial charge is 0.258 e. The first-order valence-electron chi connectivity index (χ1n) is 12.0. The van der Waals surface area contributed by atoms with Gasteiger partial charge in [0.1, 0.15) is 5.75 Å². The minimum atomic E-state index is -0.187. The maximum absolute atomic E-state index is 5.83. The number of methoxy groups -OCH3 is 1. The minimum Gasteiger partial charge on any atom is -0.497 e. The van der Waals surface area contributed by atoms with Crippen LogP contribution in [0.4, 0.5) is 0 Å². The van der Waals surface area contributed by atoms with Crippen molar-refractivity contribution in [3.8, 4) is 17.1 Å². The van der Waals surface area contributed by atoms with E-state index in [0.717, 1.165) is 47.5 Å². The van der Waals surface area contributed by atoms with Gasteiger partial charge >= 0.3 is 0 Å². The fourth-order valence-electron chi connectivity index (χ4n) is 4.50. The van der Waals surface area contributed by atoms with Crippen molar-refractivity contribution in [1.82, 2.24) is 20.4 Å². The Labute approximate surface area is 216 Å². The van der Waals surface area contributed by atoms with E-state index in [0.29, 0.717) is 16.8 Å². The van der Waals surface area contributed by atoms with Crippen LogP contribution in [0.15, 0.2) is 95.1 Å². The molecule has 182 valence electrons. The van der Waals surface area contributed by atoms with Crippen LogP contribution in [0.3, 0.4) is 0 Å². The van der Waals surface area contributed by atoms with E-state index >= 15 is 0 Å². The number of rotatable bonds is 8. The van der Waals surface area contributed by atoms with Gasteiger partial charge < -0.3 is 19.5 Å². The first kappa shape index (κ1) is 23.8. The summed E-state index contributed by atoms with van der Waals surface area (Å²) >= 11 is 5.82. The highest BCUT2D eigenvalue weighted by atomic mass is 32.1. The lowest BCUT2D eigenvalue weighted by Gasteiger charge is -2.37. The Balaban J connectivity index is 1.47. The van der Waals surface area contributed by atoms with Gasteiger partial charge in [0.25, 0.3) is 5.89 Å². The SMILES string of the molecule is COc1ccc(-c2noc(C3=C(C)N(CCCc4ccccc4)C(=S)NC3c3ccccc3)n2)cc1. The number of aromatic nitrogens is 2. The Morgan fingerprint density at radius 1 is 0.972 bits per heavy atom. The average molecular weight is 497 g/mol. The number of nitrogens with one attached hydrogen (secondary N) is 1. The Morgan fingerprint density at radius 2 is 1.67 bits per heavy atom. The molecule has 1 aromatic heterocycles. The van der Waals surface area contributed by atoms with Gasteiger partial charge in [0.2, 0.25) is 5.82 Å². The van der Waals surface area contributed by atoms with Crippen LogP contribution >= 0.6 is 12.2 Å². The Morgan fingerprint density at radius 3 is 2.36 bits per heavy atom. The minimum absolute atomic E-state index is 0.187. The molecule has 2 heterocycles. The summed E-state index contributed by atoms with van der Waals surface area (Å²) in [7, 11) is 1.65. The van der Waals surface area contributed by atoms with E-state index in [2.05, 4.69) is 58.7 Å². The van der Waals surface area contributed by atoms with Crippen LogP contribution in [0.25, 0.3) is 17.0 Å². The lowest BCUT2D eigenvalue weighted by atomic mass is 9.94. The number of allylic oxidation sites excluding steroid dienone is 1. The number of hydrogen-bond acceptors (Lipinski definition) is 5. The van der Waals surface area contributed by atoms with Gasteiger partial charge in [-0.15, -0.1) is 0 Å². The molecule has 1 unspecified atom stereocenters. The first-order valence-corrected chi connectivity index (χ1v) is 12.4. The van der Waals surface area contributed by atoms with Crippen molar-refractivity contribution in [3.63, 3.8) is 0 Å². The molecule has 0 saturated heterocycles. The van der Waals surface area contributed by atoms with Crippen molar-refractivity contribution in [2.75, 3.05) is 13.7 Å². The summed E-state index contributed by atoms with van der Waals surface area (Å²) in [6.07, 6.45) is 1.94. The molecule has 36 heavy (non-hydrogen) atoms. The number of ether oxygens (including phenoxy) is 1. The zero-order valence-corrected chi connectivity index (χ0v) is 21.2. The quantitative estimate of drug-likeness (QED) is 0.298. The standard InChI is InChI=1S/C29H28N4O2S/c1-20-25(28-31-27(32-35-28)23-15-17-24(34-2)18-16-23)26(22-13-7-4-8-14-22)30-29(36)33(20)19-9-12-21-10-5-3-6-11-21/h3-8,10-11,13-18,26H,9,12,19H2,1-2H3,(H,30,36). The summed E-state index contributed by atoms with van der Waals surface area (Å²) in [5.74, 6) is 1.79. The van der Waals surface area contributed by atoms with Gasteiger partial charge in [-0.25, -0.2) is 0 Å². The fourth-order valence-corrected chi connectivity index (χ4v) is 4.85. The van der Waals surface area contributed by atoms with E-state index in [4.69, 9.17) is 26.5 Å². The largest absolute Gasteiger partial charge is 0.497 e. The molecule has 7 heteroatoms. The molecule has 0 bridgehead atoms. The first-order chi connectivity index (χ1) is 17.6. The Kier molecular flexibility index (Phi) is 7.09. The van der Waals surface area contributed by atoms with Gasteiger partial charge in [-0.3, -0.25) is 0 Å². The third-order valence-electron chi connectivity index (χ3n) is 6.42. The van der Waals surface area contributed by atoms with Crippen molar-refractivity contribution in [3.05, 3.63) is 108 Å². The third-order valence-corrected chi connectivity index (χ3v) is 6.76. The second kappa shape index (κ2) is 10.7. The molecule has 0 radical (unpaired) electrons. The maximum Gasteiger partial charge on any atom is 0.258 e. The lowest BCUT2D eigenvalue weighted by molar-refractivity contribution is 0.396. The predicted molar refractivity (Wildman–Crippen MR) is 145 cm³/mol. The molecule has 1 aliphatic rings. The maximum atomic E-state index is 5.83. The Bertz CT molecular complexity index is 1350. The molecule has 1 atom stereocenters. The molecule has 4 aromatic rings. The molecule has 0 spiro atoms. The van der Waals surface area contributed by atoms with E-state index < -0.39 is 0 Å². The number of nitrogens with zero attached hydrogens (tertiary/aromatic N) is 3. The average Bonchev–Trinajstić information content (AvgIpc) is 3.41. The van der Waals surface area contributed by atoms with Crippen LogP contribution in [0, 0.1) is 0 Å². The third kappa shape index (κ3) is 5.02. The van der Waals surface area contributed by atoms with Gasteiger partial charge in [-0.05, 0) is 67.4 Å². The van der Waals surface area contributed by atoms with Crippen LogP contribution in [0.2, 0.25) is 0 Å². The topological polar surface area (TPSA) is 63.4 Å². The number of benzene rings is 3. The molecule has 1 N–H and O–H groups in total. The van der Waals surface area contributed by atoms with Gasteiger partial charge in [-0.1, -0.05) is 65.8 Å². The number of hydrogen-bond donors (Lipinski definition) is 1. The van der Waals surface area contributed by atoms with Gasteiger partial charge in [0.15, 0.2) is 5.11 Å². The van der Waals surface area contributed by atoms with Crippen LogP contribution < -0.4 is 10.1 Å². The highest BCUT2D eigenvalue weighted by molar-refractivity contribution is 7.80. The highest BCUT2D eigenvalue weighted by Gasteiger charge is 2.33. The molecule has 1 aliphatic heterocycles. The molecule has 0 fully saturated rings. The van der Waals surface area contributed by atoms with E-state index in [9.17, 15) is 0 Å². The van der Waals surface area contributed by atoms with E-state index in [1.54, 1.807) is 7.11 Å². The highest BCUT2D eigenvalue weighted by Crippen LogP contribution is 2.37. The number of aryl methyl sites for hydroxylation is 1. The van der Waals surface area contributed by atoms with Crippen molar-refractivity contribution in [2.45, 2.75) is 25.8 Å². The normalized spacial score (nSPS) is 15.7. The molecule has 6 nitrogen and oxygen atoms in total. The van der Waals surface area contributed by atoms with Crippen molar-refractivity contribution in [2.24, 2.45) is 0 Å². The summed E-state index contributed by atoms with van der Waals surface area (Å²) in [4.78, 5) is 6.93. The Hall–Kier alpha value is -3.97. The number of thiocarbonyl (C=S) groups is 1. The van der Waals surface area contributed by atoms with E-state index in [1.165, 1.54) is 5.56 Å². The molecule has 5 rings (SSSR count). The van der Waals surface area contributed by atoms with Crippen LogP contribution in [-0.2, 0) is 6.42 Å². The molecule has 0 saturated carbocycles. The van der Waals surface area contributed by atoms with Crippen molar-refractivity contribution < 1.29 is 9.26 Å². The van der Waals surface area contributed by atoms with Gasteiger partial charge in [-0.2, -0.15) is 4.98 Å². The molecule has 0 amide bonds. The summed E-state index contributed by atoms with van der Waals surface area (Å²) in [5.41, 5.74) is 5.22. The molecular formula is C29H28N4O2S. The summed E-state index contributed by atoms with van der Waals surface area (Å²) < 4.78 is 11.1. The second-order valence-corrected chi connectivity index (χ2v) is 9.07. The zero-order valence-electron chi connectivity index (χ0n) is 20.3. The van der Waals surface area contributed by atoms with Crippen molar-refractivity contribution in [1.29, 1.82) is 0 Å². The lowest BCUT2D eigenvalue weighted by Crippen LogP contribution is -2.46. The molecule has 3 aromatic carbocycles. The predicted octanol–water partition coefficient (Wildman–Crippen LogP) is 6.04. The molecule has 0 aliphatic carbocycles. The molecular weight excluding hydrogens is 468 g/mol. The summed E-state index contributed by atoms with van der Waals surface area (Å²) in [6, 6.07) is 28.2. The summed E-state index contributed by atoms with van der Waals surface area (Å²) in [5, 5.41) is 8.52. The second-order valence-electron chi connectivity index (χ2n) is 8.68. The summed E-state index contributed by atoms with van der Waals surface area (Å²) in [6.45, 7) is 2.87. The van der Waals surface area contributed by atoms with E-state index in [1.807, 2.05) is 48.5 Å². The van der Waals surface area contributed by atoms with Crippen LogP contribution in [0.5, 0.6) is 5.75 Å². The monoisotopic (exact) mass is 496 g/mol. The van der Waals surface area contributed by atoms with Crippen molar-refractivity contribution >= 4 is 22.9 Å².